The van der Waals surface area contributed by atoms with Crippen molar-refractivity contribution in [2.24, 2.45) is 5.73 Å². The number of aryl methyl sites for hydroxylation is 2. The van der Waals surface area contributed by atoms with Crippen LogP contribution in [0.3, 0.4) is 0 Å². The van der Waals surface area contributed by atoms with Crippen LogP contribution in [0.4, 0.5) is 0 Å². The van der Waals surface area contributed by atoms with Gasteiger partial charge in [-0.3, -0.25) is 0 Å². The standard InChI is InChI=1S/C16H17N3O2/c1-11-9-10-20-14(11)15-18-16(21-19-15)13(17)8-7-12-5-3-2-4-6-12/h2-6,9-10,13H,7-8,17H2,1H3. The molecule has 1 atom stereocenters. The number of hydrogen-bond donors (Lipinski definition) is 1. The molecule has 3 aromatic rings. The second-order valence-electron chi connectivity index (χ2n) is 5.02. The Labute approximate surface area is 122 Å². The molecule has 0 aliphatic heterocycles. The highest BCUT2D eigenvalue weighted by molar-refractivity contribution is 5.51. The Morgan fingerprint density at radius 2 is 2.00 bits per heavy atom. The predicted octanol–water partition coefficient (Wildman–Crippen LogP) is 3.27. The van der Waals surface area contributed by atoms with E-state index in [1.165, 1.54) is 5.56 Å². The van der Waals surface area contributed by atoms with Crippen molar-refractivity contribution in [2.75, 3.05) is 0 Å². The van der Waals surface area contributed by atoms with Crippen LogP contribution in [0, 0.1) is 6.92 Å². The molecule has 0 radical (unpaired) electrons. The molecule has 2 heterocycles. The van der Waals surface area contributed by atoms with Crippen molar-refractivity contribution in [1.82, 2.24) is 10.1 Å². The van der Waals surface area contributed by atoms with E-state index in [2.05, 4.69) is 22.3 Å². The van der Waals surface area contributed by atoms with Crippen molar-refractivity contribution in [1.29, 1.82) is 0 Å². The van der Waals surface area contributed by atoms with Crippen molar-refractivity contribution < 1.29 is 8.94 Å². The first kappa shape index (κ1) is 13.6. The van der Waals surface area contributed by atoms with Crippen molar-refractivity contribution in [2.45, 2.75) is 25.8 Å². The lowest BCUT2D eigenvalue weighted by Crippen LogP contribution is -2.11. The molecule has 0 aliphatic carbocycles. The van der Waals surface area contributed by atoms with Crippen LogP contribution in [0.1, 0.15) is 29.5 Å². The average molecular weight is 283 g/mol. The van der Waals surface area contributed by atoms with Gasteiger partial charge in [0.2, 0.25) is 11.7 Å². The highest BCUT2D eigenvalue weighted by atomic mass is 16.5. The molecule has 2 N–H and O–H groups in total. The molecule has 1 aromatic carbocycles. The van der Waals surface area contributed by atoms with E-state index in [1.807, 2.05) is 31.2 Å². The highest BCUT2D eigenvalue weighted by Gasteiger charge is 2.18. The minimum atomic E-state index is -0.276. The molecule has 21 heavy (non-hydrogen) atoms. The summed E-state index contributed by atoms with van der Waals surface area (Å²) in [5.41, 5.74) is 8.34. The average Bonchev–Trinajstić information content (AvgIpc) is 3.14. The minimum Gasteiger partial charge on any atom is -0.461 e. The van der Waals surface area contributed by atoms with Crippen molar-refractivity contribution in [3.05, 3.63) is 59.7 Å². The Morgan fingerprint density at radius 3 is 2.71 bits per heavy atom. The number of nitrogens with two attached hydrogens (primary N) is 1. The molecular weight excluding hydrogens is 266 g/mol. The molecule has 0 fully saturated rings. The van der Waals surface area contributed by atoms with E-state index in [-0.39, 0.29) is 6.04 Å². The highest BCUT2D eigenvalue weighted by Crippen LogP contribution is 2.23. The maximum Gasteiger partial charge on any atom is 0.243 e. The molecule has 0 spiro atoms. The van der Waals surface area contributed by atoms with E-state index < -0.39 is 0 Å². The molecule has 0 bridgehead atoms. The van der Waals surface area contributed by atoms with Crippen molar-refractivity contribution in [3.8, 4) is 11.6 Å². The van der Waals surface area contributed by atoms with E-state index in [9.17, 15) is 0 Å². The van der Waals surface area contributed by atoms with E-state index in [4.69, 9.17) is 14.7 Å². The van der Waals surface area contributed by atoms with Gasteiger partial charge in [-0.25, -0.2) is 0 Å². The Hall–Kier alpha value is -2.40. The van der Waals surface area contributed by atoms with E-state index in [0.29, 0.717) is 17.5 Å². The Morgan fingerprint density at radius 1 is 1.19 bits per heavy atom. The van der Waals surface area contributed by atoms with Crippen LogP contribution in [0.25, 0.3) is 11.6 Å². The lowest BCUT2D eigenvalue weighted by Gasteiger charge is -2.06. The van der Waals surface area contributed by atoms with E-state index in [0.717, 1.165) is 18.4 Å². The monoisotopic (exact) mass is 283 g/mol. The van der Waals surface area contributed by atoms with E-state index >= 15 is 0 Å². The molecule has 108 valence electrons. The smallest absolute Gasteiger partial charge is 0.243 e. The zero-order valence-electron chi connectivity index (χ0n) is 11.8. The summed E-state index contributed by atoms with van der Waals surface area (Å²) >= 11 is 0. The third-order valence-electron chi connectivity index (χ3n) is 3.41. The van der Waals surface area contributed by atoms with Gasteiger partial charge >= 0.3 is 0 Å². The van der Waals surface area contributed by atoms with Gasteiger partial charge in [0.25, 0.3) is 0 Å². The maximum atomic E-state index is 6.12. The third kappa shape index (κ3) is 3.03. The lowest BCUT2D eigenvalue weighted by atomic mass is 10.1. The number of benzene rings is 1. The quantitative estimate of drug-likeness (QED) is 0.777. The Balaban J connectivity index is 1.67. The lowest BCUT2D eigenvalue weighted by molar-refractivity contribution is 0.348. The zero-order chi connectivity index (χ0) is 14.7. The maximum absolute atomic E-state index is 6.12. The zero-order valence-corrected chi connectivity index (χ0v) is 11.8. The molecule has 1 unspecified atom stereocenters. The molecule has 5 heteroatoms. The van der Waals surface area contributed by atoms with Gasteiger partial charge in [0.1, 0.15) is 0 Å². The van der Waals surface area contributed by atoms with Gasteiger partial charge in [-0.15, -0.1) is 0 Å². The molecule has 0 aliphatic rings. The Bertz CT molecular complexity index is 703. The minimum absolute atomic E-state index is 0.276. The molecule has 3 rings (SSSR count). The van der Waals surface area contributed by atoms with Crippen LogP contribution in [0.2, 0.25) is 0 Å². The summed E-state index contributed by atoms with van der Waals surface area (Å²) in [5.74, 6) is 1.51. The van der Waals surface area contributed by atoms with Gasteiger partial charge in [-0.05, 0) is 37.0 Å². The first-order chi connectivity index (χ1) is 10.2. The Kier molecular flexibility index (Phi) is 3.83. The topological polar surface area (TPSA) is 78.1 Å². The van der Waals surface area contributed by atoms with Gasteiger partial charge in [0.15, 0.2) is 5.76 Å². The fourth-order valence-electron chi connectivity index (χ4n) is 2.17. The molecule has 2 aromatic heterocycles. The summed E-state index contributed by atoms with van der Waals surface area (Å²) in [4.78, 5) is 4.33. The third-order valence-corrected chi connectivity index (χ3v) is 3.41. The first-order valence-corrected chi connectivity index (χ1v) is 6.91. The summed E-state index contributed by atoms with van der Waals surface area (Å²) < 4.78 is 10.6. The van der Waals surface area contributed by atoms with Crippen molar-refractivity contribution in [3.63, 3.8) is 0 Å². The van der Waals surface area contributed by atoms with Crippen LogP contribution in [-0.4, -0.2) is 10.1 Å². The van der Waals surface area contributed by atoms with Crippen LogP contribution in [-0.2, 0) is 6.42 Å². The van der Waals surface area contributed by atoms with Crippen LogP contribution in [0.15, 0.2) is 51.6 Å². The summed E-state index contributed by atoms with van der Waals surface area (Å²) in [6.45, 7) is 1.93. The summed E-state index contributed by atoms with van der Waals surface area (Å²) in [7, 11) is 0. The second-order valence-corrected chi connectivity index (χ2v) is 5.02. The molecule has 0 saturated carbocycles. The predicted molar refractivity (Wildman–Crippen MR) is 78.4 cm³/mol. The number of hydrogen-bond acceptors (Lipinski definition) is 5. The molecular formula is C16H17N3O2. The SMILES string of the molecule is Cc1ccoc1-c1noc(C(N)CCc2ccccc2)n1. The van der Waals surface area contributed by atoms with Crippen LogP contribution >= 0.6 is 0 Å². The summed E-state index contributed by atoms with van der Waals surface area (Å²) in [6, 6.07) is 11.8. The van der Waals surface area contributed by atoms with Crippen molar-refractivity contribution >= 4 is 0 Å². The number of aromatic nitrogens is 2. The number of furan rings is 1. The summed E-state index contributed by atoms with van der Waals surface area (Å²) in [5, 5.41) is 3.94. The second kappa shape index (κ2) is 5.93. The van der Waals surface area contributed by atoms with Crippen LogP contribution in [0.5, 0.6) is 0 Å². The fourth-order valence-corrected chi connectivity index (χ4v) is 2.17. The van der Waals surface area contributed by atoms with Gasteiger partial charge < -0.3 is 14.7 Å². The molecule has 5 nitrogen and oxygen atoms in total. The normalized spacial score (nSPS) is 12.5. The first-order valence-electron chi connectivity index (χ1n) is 6.91. The summed E-state index contributed by atoms with van der Waals surface area (Å²) in [6.07, 6.45) is 3.23. The largest absolute Gasteiger partial charge is 0.461 e. The van der Waals surface area contributed by atoms with Gasteiger partial charge in [0.05, 0.1) is 12.3 Å². The van der Waals surface area contributed by atoms with Gasteiger partial charge in [-0.2, -0.15) is 4.98 Å². The van der Waals surface area contributed by atoms with Crippen LogP contribution < -0.4 is 5.73 Å². The molecule has 0 saturated heterocycles. The van der Waals surface area contributed by atoms with Gasteiger partial charge in [0, 0.05) is 0 Å². The number of rotatable bonds is 5. The fraction of sp³-hybridized carbons (Fsp3) is 0.250. The van der Waals surface area contributed by atoms with E-state index in [1.54, 1.807) is 6.26 Å². The van der Waals surface area contributed by atoms with Gasteiger partial charge in [-0.1, -0.05) is 35.5 Å². The number of nitrogens with zero attached hydrogens (tertiary/aromatic N) is 2. The molecule has 0 amide bonds.